The molecule has 188 valence electrons. The predicted octanol–water partition coefficient (Wildman–Crippen LogP) is 1.51. The zero-order valence-electron chi connectivity index (χ0n) is 20.4. The summed E-state index contributed by atoms with van der Waals surface area (Å²) in [7, 11) is 1.80. The van der Waals surface area contributed by atoms with Gasteiger partial charge in [0.15, 0.2) is 11.2 Å². The predicted molar refractivity (Wildman–Crippen MR) is 132 cm³/mol. The summed E-state index contributed by atoms with van der Waals surface area (Å²) in [4.78, 5) is 48.9. The van der Waals surface area contributed by atoms with Crippen LogP contribution in [0.4, 0.5) is 10.1 Å². The molecule has 0 aliphatic carbocycles. The molecule has 4 rings (SSSR count). The highest BCUT2D eigenvalue weighted by Crippen LogP contribution is 2.16. The van der Waals surface area contributed by atoms with Crippen molar-refractivity contribution in [1.29, 1.82) is 0 Å². The second-order valence-corrected chi connectivity index (χ2v) is 9.01. The Labute approximate surface area is 202 Å². The number of carbonyl (C=O) groups excluding carboxylic acids is 1. The van der Waals surface area contributed by atoms with Crippen LogP contribution < -0.4 is 16.6 Å². The maximum absolute atomic E-state index is 13.4. The minimum Gasteiger partial charge on any atom is -0.325 e. The number of H-pyrrole nitrogens is 1. The van der Waals surface area contributed by atoms with Crippen LogP contribution in [-0.2, 0) is 24.9 Å². The highest BCUT2D eigenvalue weighted by molar-refractivity contribution is 5.94. The lowest BCUT2D eigenvalue weighted by Gasteiger charge is -2.37. The molecular formula is C24H32FN7O3. The van der Waals surface area contributed by atoms with E-state index < -0.39 is 17.1 Å². The number of hydrogen-bond donors (Lipinski definition) is 2. The van der Waals surface area contributed by atoms with E-state index in [0.717, 1.165) is 25.9 Å². The molecule has 3 heterocycles. The summed E-state index contributed by atoms with van der Waals surface area (Å²) in [5.74, 6) is 0.144. The topological polar surface area (TPSA) is 108 Å². The highest BCUT2D eigenvalue weighted by Gasteiger charge is 2.27. The van der Waals surface area contributed by atoms with Gasteiger partial charge in [-0.1, -0.05) is 19.4 Å². The first-order valence-corrected chi connectivity index (χ1v) is 12.0. The second kappa shape index (κ2) is 10.5. The van der Waals surface area contributed by atoms with E-state index >= 15 is 0 Å². The molecular weight excluding hydrogens is 453 g/mol. The lowest BCUT2D eigenvalue weighted by atomic mass is 10.2. The molecule has 1 amide bonds. The van der Waals surface area contributed by atoms with Crippen LogP contribution >= 0.6 is 0 Å². The van der Waals surface area contributed by atoms with E-state index in [1.165, 1.54) is 12.1 Å². The molecule has 3 aromatic rings. The summed E-state index contributed by atoms with van der Waals surface area (Å²) in [6.07, 6.45) is 1.75. The molecule has 0 radical (unpaired) electrons. The van der Waals surface area contributed by atoms with Crippen molar-refractivity contribution in [1.82, 2.24) is 28.9 Å². The number of unbranched alkanes of at least 4 members (excludes halogenated alkanes) is 1. The molecule has 1 aromatic carbocycles. The molecule has 35 heavy (non-hydrogen) atoms. The molecule has 0 bridgehead atoms. The molecule has 0 saturated carbocycles. The molecule has 0 spiro atoms. The Kier molecular flexibility index (Phi) is 7.46. The van der Waals surface area contributed by atoms with Crippen molar-refractivity contribution in [2.24, 2.45) is 7.05 Å². The number of nitrogens with zero attached hydrogens (tertiary/aromatic N) is 5. The van der Waals surface area contributed by atoms with Gasteiger partial charge in [0.25, 0.3) is 5.56 Å². The number of aromatic nitrogens is 4. The molecule has 1 saturated heterocycles. The van der Waals surface area contributed by atoms with Crippen molar-refractivity contribution < 1.29 is 9.18 Å². The molecule has 2 aromatic heterocycles. The number of benzene rings is 1. The number of amides is 1. The van der Waals surface area contributed by atoms with Crippen LogP contribution in [0.25, 0.3) is 11.2 Å². The molecule has 1 unspecified atom stereocenters. The van der Waals surface area contributed by atoms with Crippen molar-refractivity contribution >= 4 is 22.8 Å². The zero-order valence-corrected chi connectivity index (χ0v) is 20.4. The van der Waals surface area contributed by atoms with Crippen LogP contribution in [0.5, 0.6) is 0 Å². The number of anilines is 1. The number of carbonyl (C=O) groups is 1. The minimum atomic E-state index is -0.431. The van der Waals surface area contributed by atoms with Gasteiger partial charge in [-0.25, -0.2) is 14.2 Å². The smallest absolute Gasteiger partial charge is 0.325 e. The summed E-state index contributed by atoms with van der Waals surface area (Å²) < 4.78 is 16.7. The summed E-state index contributed by atoms with van der Waals surface area (Å²) in [6.45, 7) is 7.74. The number of piperazine rings is 1. The molecule has 10 nitrogen and oxygen atoms in total. The number of rotatable bonds is 8. The van der Waals surface area contributed by atoms with E-state index in [1.54, 1.807) is 28.3 Å². The molecule has 1 fully saturated rings. The van der Waals surface area contributed by atoms with Gasteiger partial charge >= 0.3 is 5.69 Å². The third kappa shape index (κ3) is 5.35. The van der Waals surface area contributed by atoms with Crippen molar-refractivity contribution in [3.63, 3.8) is 0 Å². The average Bonchev–Trinajstić information content (AvgIpc) is 3.15. The number of aromatic amines is 1. The van der Waals surface area contributed by atoms with E-state index in [-0.39, 0.29) is 11.9 Å². The fraction of sp³-hybridized carbons (Fsp3) is 0.500. The van der Waals surface area contributed by atoms with Crippen LogP contribution in [0.2, 0.25) is 0 Å². The molecule has 1 atom stereocenters. The first-order valence-electron chi connectivity index (χ1n) is 12.0. The van der Waals surface area contributed by atoms with E-state index in [9.17, 15) is 18.8 Å². The third-order valence-corrected chi connectivity index (χ3v) is 6.63. The Hall–Kier alpha value is -3.31. The zero-order chi connectivity index (χ0) is 25.1. The summed E-state index contributed by atoms with van der Waals surface area (Å²) in [6, 6.07) is 5.50. The Balaban J connectivity index is 1.41. The van der Waals surface area contributed by atoms with Crippen LogP contribution in [-0.4, -0.2) is 67.0 Å². The third-order valence-electron chi connectivity index (χ3n) is 6.63. The van der Waals surface area contributed by atoms with Gasteiger partial charge in [-0.15, -0.1) is 0 Å². The maximum atomic E-state index is 13.4. The Morgan fingerprint density at radius 2 is 1.97 bits per heavy atom. The van der Waals surface area contributed by atoms with Gasteiger partial charge in [0.05, 0.1) is 12.6 Å². The largest absolute Gasteiger partial charge is 0.330 e. The fourth-order valence-electron chi connectivity index (χ4n) is 4.44. The van der Waals surface area contributed by atoms with Crippen molar-refractivity contribution in [3.8, 4) is 0 Å². The number of aryl methyl sites for hydroxylation is 2. The molecule has 1 aliphatic heterocycles. The van der Waals surface area contributed by atoms with Gasteiger partial charge in [0, 0.05) is 45.5 Å². The van der Waals surface area contributed by atoms with Crippen molar-refractivity contribution in [2.45, 2.75) is 45.8 Å². The van der Waals surface area contributed by atoms with Crippen LogP contribution in [0.15, 0.2) is 33.9 Å². The molecule has 11 heteroatoms. The number of fused-ring (bicyclic) bond motifs is 1. The Bertz CT molecular complexity index is 1320. The maximum Gasteiger partial charge on any atom is 0.330 e. The standard InChI is InChI=1S/C24H32FN7O3/c1-4-5-9-32-21-20(23(34)28-24(32)35)29(3)19(27-21)15-30-10-12-31(13-11-30)16(2)22(33)26-18-8-6-7-17(25)14-18/h6-8,14,16H,4-5,9-13,15H2,1-3H3,(H,26,33)(H,28,34,35). The van der Waals surface area contributed by atoms with Crippen LogP contribution in [0, 0.1) is 5.82 Å². The number of nitrogens with one attached hydrogen (secondary N) is 2. The van der Waals surface area contributed by atoms with Crippen LogP contribution in [0.1, 0.15) is 32.5 Å². The first kappa shape index (κ1) is 24.8. The number of imidazole rings is 1. The van der Waals surface area contributed by atoms with Gasteiger partial charge in [-0.3, -0.25) is 28.9 Å². The SMILES string of the molecule is CCCCn1c(=O)[nH]c(=O)c2c1nc(CN1CCN(C(C)C(=O)Nc3cccc(F)c3)CC1)n2C. The van der Waals surface area contributed by atoms with Crippen molar-refractivity contribution in [3.05, 3.63) is 56.7 Å². The van der Waals surface area contributed by atoms with Gasteiger partial charge in [0.2, 0.25) is 5.91 Å². The number of halogens is 1. The Morgan fingerprint density at radius 3 is 2.66 bits per heavy atom. The minimum absolute atomic E-state index is 0.177. The normalized spacial score (nSPS) is 16.0. The number of hydrogen-bond acceptors (Lipinski definition) is 6. The fourth-order valence-corrected chi connectivity index (χ4v) is 4.44. The lowest BCUT2D eigenvalue weighted by molar-refractivity contribution is -0.121. The monoisotopic (exact) mass is 485 g/mol. The summed E-state index contributed by atoms with van der Waals surface area (Å²) in [5, 5.41) is 2.77. The molecule has 1 aliphatic rings. The van der Waals surface area contributed by atoms with E-state index in [2.05, 4.69) is 25.1 Å². The van der Waals surface area contributed by atoms with Crippen LogP contribution in [0.3, 0.4) is 0 Å². The van der Waals surface area contributed by atoms with Gasteiger partial charge < -0.3 is 9.88 Å². The van der Waals surface area contributed by atoms with E-state index in [4.69, 9.17) is 0 Å². The average molecular weight is 486 g/mol. The first-order chi connectivity index (χ1) is 16.8. The van der Waals surface area contributed by atoms with Gasteiger partial charge in [-0.2, -0.15) is 0 Å². The van der Waals surface area contributed by atoms with Crippen molar-refractivity contribution in [2.75, 3.05) is 31.5 Å². The quantitative estimate of drug-likeness (QED) is 0.501. The molecule has 2 N–H and O–H groups in total. The summed E-state index contributed by atoms with van der Waals surface area (Å²) >= 11 is 0. The van der Waals surface area contributed by atoms with Gasteiger partial charge in [0.1, 0.15) is 11.6 Å². The van der Waals surface area contributed by atoms with E-state index in [1.807, 2.05) is 13.8 Å². The second-order valence-electron chi connectivity index (χ2n) is 9.01. The highest BCUT2D eigenvalue weighted by atomic mass is 19.1. The Morgan fingerprint density at radius 1 is 1.23 bits per heavy atom. The summed E-state index contributed by atoms with van der Waals surface area (Å²) in [5.41, 5.74) is 0.402. The van der Waals surface area contributed by atoms with Gasteiger partial charge in [-0.05, 0) is 31.5 Å². The van der Waals surface area contributed by atoms with E-state index in [0.29, 0.717) is 48.9 Å². The lowest BCUT2D eigenvalue weighted by Crippen LogP contribution is -2.52.